The second-order valence-corrected chi connectivity index (χ2v) is 6.04. The van der Waals surface area contributed by atoms with Gasteiger partial charge >= 0.3 is 0 Å². The molecular formula is C13H12BrNO3. The van der Waals surface area contributed by atoms with Crippen LogP contribution in [0.4, 0.5) is 0 Å². The second kappa shape index (κ2) is 4.16. The van der Waals surface area contributed by atoms with Crippen LogP contribution in [0, 0.1) is 22.0 Å². The highest BCUT2D eigenvalue weighted by Crippen LogP contribution is 2.52. The van der Waals surface area contributed by atoms with Gasteiger partial charge in [0, 0.05) is 27.7 Å². The predicted octanol–water partition coefficient (Wildman–Crippen LogP) is 2.79. The van der Waals surface area contributed by atoms with Crippen LogP contribution in [-0.4, -0.2) is 16.7 Å². The molecule has 0 N–H and O–H groups in total. The molecule has 0 aliphatic heterocycles. The minimum atomic E-state index is -0.589. The van der Waals surface area contributed by atoms with Gasteiger partial charge in [-0.15, -0.1) is 0 Å². The Morgan fingerprint density at radius 1 is 1.28 bits per heavy atom. The number of halogens is 1. The molecule has 2 aliphatic rings. The maximum absolute atomic E-state index is 11.8. The standard InChI is InChI=1S/C13H12BrNO3/c14-9-3-1-7(2-4-9)12-10-5-8(6-11(10)16)13(12)15(17)18/h1-4,8,10,12-13H,5-6H2/t8?,10?,12-,13-/m0/s1. The average molecular weight is 310 g/mol. The molecular weight excluding hydrogens is 298 g/mol. The number of carbonyl (C=O) groups is 1. The van der Waals surface area contributed by atoms with Crippen molar-refractivity contribution in [3.05, 3.63) is 44.4 Å². The van der Waals surface area contributed by atoms with Crippen LogP contribution in [0.5, 0.6) is 0 Å². The van der Waals surface area contributed by atoms with Crippen molar-refractivity contribution in [2.45, 2.75) is 24.8 Å². The third-order valence-corrected chi connectivity index (χ3v) is 4.75. The molecule has 2 aliphatic carbocycles. The molecule has 0 amide bonds. The highest BCUT2D eigenvalue weighted by atomic mass is 79.9. The molecule has 0 radical (unpaired) electrons. The van der Waals surface area contributed by atoms with Gasteiger partial charge in [-0.3, -0.25) is 14.9 Å². The van der Waals surface area contributed by atoms with Crippen LogP contribution in [0.15, 0.2) is 28.7 Å². The number of carbonyl (C=O) groups excluding carboxylic acids is 1. The Hall–Kier alpha value is -1.23. The van der Waals surface area contributed by atoms with Gasteiger partial charge in [-0.2, -0.15) is 0 Å². The maximum Gasteiger partial charge on any atom is 0.223 e. The lowest BCUT2D eigenvalue weighted by Crippen LogP contribution is -2.36. The molecule has 94 valence electrons. The molecule has 0 saturated heterocycles. The van der Waals surface area contributed by atoms with Crippen LogP contribution in [-0.2, 0) is 4.79 Å². The molecule has 2 unspecified atom stereocenters. The van der Waals surface area contributed by atoms with E-state index in [0.717, 1.165) is 10.0 Å². The van der Waals surface area contributed by atoms with Gasteiger partial charge in [-0.05, 0) is 24.1 Å². The van der Waals surface area contributed by atoms with Crippen molar-refractivity contribution in [3.63, 3.8) is 0 Å². The van der Waals surface area contributed by atoms with Crippen molar-refractivity contribution in [2.24, 2.45) is 11.8 Å². The number of benzene rings is 1. The summed E-state index contributed by atoms with van der Waals surface area (Å²) < 4.78 is 0.943. The first-order valence-corrected chi connectivity index (χ1v) is 6.79. The number of ketones is 1. The van der Waals surface area contributed by atoms with Gasteiger partial charge in [0.2, 0.25) is 6.04 Å². The number of Topliss-reactive ketones (excluding diaryl/α,β-unsaturated/α-hetero) is 1. The van der Waals surface area contributed by atoms with E-state index in [4.69, 9.17) is 0 Å². The van der Waals surface area contributed by atoms with Crippen molar-refractivity contribution in [1.82, 2.24) is 0 Å². The molecule has 0 heterocycles. The minimum absolute atomic E-state index is 0.0638. The summed E-state index contributed by atoms with van der Waals surface area (Å²) in [4.78, 5) is 22.9. The van der Waals surface area contributed by atoms with Crippen LogP contribution in [0.25, 0.3) is 0 Å². The van der Waals surface area contributed by atoms with Gasteiger partial charge in [0.25, 0.3) is 0 Å². The van der Waals surface area contributed by atoms with E-state index < -0.39 is 6.04 Å². The lowest BCUT2D eigenvalue weighted by Gasteiger charge is -2.24. The summed E-state index contributed by atoms with van der Waals surface area (Å²) in [7, 11) is 0. The molecule has 2 saturated carbocycles. The van der Waals surface area contributed by atoms with Gasteiger partial charge in [-0.25, -0.2) is 0 Å². The summed E-state index contributed by atoms with van der Waals surface area (Å²) in [5.41, 5.74) is 0.917. The van der Waals surface area contributed by atoms with E-state index in [1.807, 2.05) is 24.3 Å². The normalized spacial score (nSPS) is 33.9. The quantitative estimate of drug-likeness (QED) is 0.623. The zero-order valence-corrected chi connectivity index (χ0v) is 11.2. The SMILES string of the molecule is O=C1CC2CC1[C@H](c1ccc(Br)cc1)[C@H]2[N+](=O)[O-]. The predicted molar refractivity (Wildman–Crippen MR) is 68.9 cm³/mol. The van der Waals surface area contributed by atoms with Crippen LogP contribution < -0.4 is 0 Å². The van der Waals surface area contributed by atoms with Gasteiger partial charge in [0.1, 0.15) is 5.78 Å². The van der Waals surface area contributed by atoms with E-state index in [-0.39, 0.29) is 28.5 Å². The van der Waals surface area contributed by atoms with Gasteiger partial charge in [-0.1, -0.05) is 28.1 Å². The zero-order valence-electron chi connectivity index (χ0n) is 9.58. The summed E-state index contributed by atoms with van der Waals surface area (Å²) in [5.74, 6) is -0.247. The molecule has 2 bridgehead atoms. The Kier molecular flexibility index (Phi) is 2.73. The highest BCUT2D eigenvalue weighted by molar-refractivity contribution is 9.10. The van der Waals surface area contributed by atoms with Gasteiger partial charge in [0.15, 0.2) is 0 Å². The lowest BCUT2D eigenvalue weighted by molar-refractivity contribution is -0.533. The number of nitro groups is 1. The number of hydrogen-bond acceptors (Lipinski definition) is 3. The van der Waals surface area contributed by atoms with Crippen molar-refractivity contribution in [3.8, 4) is 0 Å². The van der Waals surface area contributed by atoms with Crippen molar-refractivity contribution >= 4 is 21.7 Å². The van der Waals surface area contributed by atoms with Gasteiger partial charge < -0.3 is 0 Å². The van der Waals surface area contributed by atoms with E-state index >= 15 is 0 Å². The van der Waals surface area contributed by atoms with E-state index in [1.54, 1.807) is 0 Å². The smallest absolute Gasteiger partial charge is 0.223 e. The summed E-state index contributed by atoms with van der Waals surface area (Å²) >= 11 is 3.35. The number of hydrogen-bond donors (Lipinski definition) is 0. The Morgan fingerprint density at radius 2 is 1.94 bits per heavy atom. The maximum atomic E-state index is 11.8. The Bertz CT molecular complexity index is 513. The molecule has 0 spiro atoms. The van der Waals surface area contributed by atoms with E-state index in [2.05, 4.69) is 15.9 Å². The van der Waals surface area contributed by atoms with E-state index in [0.29, 0.717) is 12.8 Å². The first kappa shape index (κ1) is 11.8. The average Bonchev–Trinajstić information content (AvgIpc) is 2.86. The Balaban J connectivity index is 2.00. The Morgan fingerprint density at radius 3 is 2.56 bits per heavy atom. The van der Waals surface area contributed by atoms with Crippen molar-refractivity contribution in [2.75, 3.05) is 0 Å². The molecule has 2 fully saturated rings. The third-order valence-electron chi connectivity index (χ3n) is 4.22. The second-order valence-electron chi connectivity index (χ2n) is 5.13. The molecule has 1 aromatic carbocycles. The first-order chi connectivity index (χ1) is 8.58. The van der Waals surface area contributed by atoms with Crippen LogP contribution in [0.2, 0.25) is 0 Å². The van der Waals surface area contributed by atoms with Crippen molar-refractivity contribution < 1.29 is 9.72 Å². The number of nitrogens with zero attached hydrogens (tertiary/aromatic N) is 1. The molecule has 0 aromatic heterocycles. The first-order valence-electron chi connectivity index (χ1n) is 5.99. The fourth-order valence-electron chi connectivity index (χ4n) is 3.51. The monoisotopic (exact) mass is 309 g/mol. The molecule has 3 rings (SSSR count). The molecule has 5 heteroatoms. The fourth-order valence-corrected chi connectivity index (χ4v) is 3.77. The van der Waals surface area contributed by atoms with Crippen LogP contribution in [0.1, 0.15) is 24.3 Å². The number of rotatable bonds is 2. The van der Waals surface area contributed by atoms with Gasteiger partial charge in [0.05, 0.1) is 5.92 Å². The summed E-state index contributed by atoms with van der Waals surface area (Å²) in [6.07, 6.45) is 1.08. The fraction of sp³-hybridized carbons (Fsp3) is 0.462. The van der Waals surface area contributed by atoms with E-state index in [9.17, 15) is 14.9 Å². The van der Waals surface area contributed by atoms with Crippen molar-refractivity contribution in [1.29, 1.82) is 0 Å². The van der Waals surface area contributed by atoms with E-state index in [1.165, 1.54) is 0 Å². The minimum Gasteiger partial charge on any atom is -0.299 e. The van der Waals surface area contributed by atoms with Crippen LogP contribution >= 0.6 is 15.9 Å². The highest BCUT2D eigenvalue weighted by Gasteiger charge is 2.58. The Labute approximate surface area is 113 Å². The zero-order chi connectivity index (χ0) is 12.9. The molecule has 18 heavy (non-hydrogen) atoms. The molecule has 4 nitrogen and oxygen atoms in total. The lowest BCUT2D eigenvalue weighted by atomic mass is 9.79. The summed E-state index contributed by atoms with van der Waals surface area (Å²) in [6.45, 7) is 0. The molecule has 4 atom stereocenters. The third kappa shape index (κ3) is 1.68. The summed E-state index contributed by atoms with van der Waals surface area (Å²) in [5, 5.41) is 11.2. The summed E-state index contributed by atoms with van der Waals surface area (Å²) in [6, 6.07) is 6.94. The molecule has 1 aromatic rings. The topological polar surface area (TPSA) is 60.2 Å². The van der Waals surface area contributed by atoms with Crippen LogP contribution in [0.3, 0.4) is 0 Å². The number of fused-ring (bicyclic) bond motifs is 2. The largest absolute Gasteiger partial charge is 0.299 e.